The van der Waals surface area contributed by atoms with E-state index in [0.717, 1.165) is 12.8 Å². The van der Waals surface area contributed by atoms with Gasteiger partial charge in [0.05, 0.1) is 5.92 Å². The van der Waals surface area contributed by atoms with Crippen LogP contribution in [0, 0.1) is 5.92 Å². The van der Waals surface area contributed by atoms with Crippen LogP contribution < -0.4 is 5.32 Å². The normalized spacial score (nSPS) is 11.9. The molecule has 0 aromatic heterocycles. The summed E-state index contributed by atoms with van der Waals surface area (Å²) in [4.78, 5) is 23.9. The summed E-state index contributed by atoms with van der Waals surface area (Å²) < 4.78 is 0. The fourth-order valence-electron chi connectivity index (χ4n) is 1.44. The molecule has 0 aliphatic carbocycles. The van der Waals surface area contributed by atoms with E-state index < -0.39 is 11.9 Å². The average molecular weight is 230 g/mol. The van der Waals surface area contributed by atoms with Crippen molar-refractivity contribution in [3.63, 3.8) is 0 Å². The number of nitrogens with one attached hydrogen (secondary N) is 1. The van der Waals surface area contributed by atoms with Crippen LogP contribution in [0.5, 0.6) is 0 Å². The fraction of sp³-hybridized carbons (Fsp3) is 0.818. The van der Waals surface area contributed by atoms with E-state index in [2.05, 4.69) is 5.32 Å². The van der Waals surface area contributed by atoms with Gasteiger partial charge in [-0.05, 0) is 12.8 Å². The lowest BCUT2D eigenvalue weighted by Crippen LogP contribution is -2.41. The van der Waals surface area contributed by atoms with Crippen molar-refractivity contribution in [2.45, 2.75) is 33.1 Å². The van der Waals surface area contributed by atoms with Crippen LogP contribution in [-0.2, 0) is 4.79 Å². The maximum Gasteiger partial charge on any atom is 0.317 e. The van der Waals surface area contributed by atoms with Crippen LogP contribution in [0.15, 0.2) is 0 Å². The molecular weight excluding hydrogens is 208 g/mol. The second kappa shape index (κ2) is 7.96. The maximum atomic E-state index is 11.5. The first-order chi connectivity index (χ1) is 7.52. The molecule has 0 saturated heterocycles. The summed E-state index contributed by atoms with van der Waals surface area (Å²) in [5.74, 6) is -1.33. The van der Waals surface area contributed by atoms with E-state index in [-0.39, 0.29) is 12.6 Å². The van der Waals surface area contributed by atoms with Gasteiger partial charge >= 0.3 is 12.0 Å². The first-order valence-electron chi connectivity index (χ1n) is 5.74. The Balaban J connectivity index is 4.00. The molecule has 0 aromatic carbocycles. The number of aliphatic carboxylic acids is 1. The van der Waals surface area contributed by atoms with E-state index in [4.69, 9.17) is 5.11 Å². The van der Waals surface area contributed by atoms with Gasteiger partial charge in [-0.2, -0.15) is 0 Å². The van der Waals surface area contributed by atoms with Gasteiger partial charge in [0.15, 0.2) is 0 Å². The summed E-state index contributed by atoms with van der Waals surface area (Å²) in [6.07, 6.45) is 2.28. The first kappa shape index (κ1) is 14.7. The lowest BCUT2D eigenvalue weighted by Gasteiger charge is -2.19. The molecule has 1 unspecified atom stereocenters. The summed E-state index contributed by atoms with van der Waals surface area (Å²) >= 11 is 0. The highest BCUT2D eigenvalue weighted by Crippen LogP contribution is 2.05. The average Bonchev–Trinajstić information content (AvgIpc) is 2.23. The molecule has 0 radical (unpaired) electrons. The Morgan fingerprint density at radius 2 is 1.94 bits per heavy atom. The van der Waals surface area contributed by atoms with Gasteiger partial charge in [-0.25, -0.2) is 4.79 Å². The summed E-state index contributed by atoms with van der Waals surface area (Å²) in [6.45, 7) is 4.80. The maximum absolute atomic E-state index is 11.5. The van der Waals surface area contributed by atoms with Crippen LogP contribution in [0.4, 0.5) is 4.79 Å². The summed E-state index contributed by atoms with van der Waals surface area (Å²) in [6, 6.07) is -0.204. The van der Waals surface area contributed by atoms with Crippen LogP contribution in [-0.4, -0.2) is 42.1 Å². The Bertz CT molecular complexity index is 231. The fourth-order valence-corrected chi connectivity index (χ4v) is 1.44. The molecule has 0 spiro atoms. The number of carboxylic acids is 1. The lowest BCUT2D eigenvalue weighted by atomic mass is 10.0. The Kier molecular flexibility index (Phi) is 7.33. The number of urea groups is 1. The van der Waals surface area contributed by atoms with Crippen LogP contribution in [0.3, 0.4) is 0 Å². The largest absolute Gasteiger partial charge is 0.481 e. The molecule has 5 heteroatoms. The van der Waals surface area contributed by atoms with Crippen LogP contribution in [0.25, 0.3) is 0 Å². The third kappa shape index (κ3) is 5.58. The monoisotopic (exact) mass is 230 g/mol. The molecule has 5 nitrogen and oxygen atoms in total. The molecule has 2 N–H and O–H groups in total. The number of hydrogen-bond donors (Lipinski definition) is 2. The number of rotatable bonds is 7. The Morgan fingerprint density at radius 1 is 1.31 bits per heavy atom. The minimum atomic E-state index is -0.847. The van der Waals surface area contributed by atoms with Crippen LogP contribution in [0.1, 0.15) is 33.1 Å². The Morgan fingerprint density at radius 3 is 2.38 bits per heavy atom. The van der Waals surface area contributed by atoms with Gasteiger partial charge in [0.2, 0.25) is 0 Å². The van der Waals surface area contributed by atoms with Gasteiger partial charge in [0, 0.05) is 20.1 Å². The summed E-state index contributed by atoms with van der Waals surface area (Å²) in [5, 5.41) is 11.5. The van der Waals surface area contributed by atoms with Crippen molar-refractivity contribution in [3.8, 4) is 0 Å². The van der Waals surface area contributed by atoms with Gasteiger partial charge in [-0.3, -0.25) is 4.79 Å². The molecule has 0 aliphatic heterocycles. The predicted molar refractivity (Wildman–Crippen MR) is 62.4 cm³/mol. The Labute approximate surface area is 96.8 Å². The molecule has 94 valence electrons. The standard InChI is InChI=1S/C11H22N2O3/c1-4-6-9(10(14)15)8-12-11(16)13(3)7-5-2/h9H,4-8H2,1-3H3,(H,12,16)(H,14,15). The molecule has 0 heterocycles. The van der Waals surface area contributed by atoms with Gasteiger partial charge in [-0.1, -0.05) is 20.3 Å². The Hall–Kier alpha value is -1.26. The highest BCUT2D eigenvalue weighted by atomic mass is 16.4. The van der Waals surface area contributed by atoms with Gasteiger partial charge in [0.25, 0.3) is 0 Å². The quantitative estimate of drug-likeness (QED) is 0.697. The number of carboxylic acid groups (broad SMARTS) is 1. The molecule has 16 heavy (non-hydrogen) atoms. The third-order valence-electron chi connectivity index (χ3n) is 2.39. The molecule has 0 aromatic rings. The minimum Gasteiger partial charge on any atom is -0.481 e. The SMILES string of the molecule is CCCC(CNC(=O)N(C)CCC)C(=O)O. The predicted octanol–water partition coefficient (Wildman–Crippen LogP) is 1.54. The van der Waals surface area contributed by atoms with Crippen molar-refractivity contribution in [2.24, 2.45) is 5.92 Å². The smallest absolute Gasteiger partial charge is 0.317 e. The number of amides is 2. The van der Waals surface area contributed by atoms with Crippen molar-refractivity contribution in [2.75, 3.05) is 20.1 Å². The van der Waals surface area contributed by atoms with E-state index in [1.807, 2.05) is 13.8 Å². The minimum absolute atomic E-state index is 0.204. The first-order valence-corrected chi connectivity index (χ1v) is 5.74. The number of hydrogen-bond acceptors (Lipinski definition) is 2. The lowest BCUT2D eigenvalue weighted by molar-refractivity contribution is -0.141. The van der Waals surface area contributed by atoms with Crippen molar-refractivity contribution in [1.29, 1.82) is 0 Å². The van der Waals surface area contributed by atoms with Crippen molar-refractivity contribution in [1.82, 2.24) is 10.2 Å². The number of carbonyl (C=O) groups excluding carboxylic acids is 1. The molecule has 2 amide bonds. The topological polar surface area (TPSA) is 69.6 Å². The van der Waals surface area contributed by atoms with E-state index in [1.165, 1.54) is 0 Å². The van der Waals surface area contributed by atoms with Gasteiger partial charge in [-0.15, -0.1) is 0 Å². The number of nitrogens with zero attached hydrogens (tertiary/aromatic N) is 1. The molecule has 1 atom stereocenters. The van der Waals surface area contributed by atoms with Crippen LogP contribution in [0.2, 0.25) is 0 Å². The molecular formula is C11H22N2O3. The van der Waals surface area contributed by atoms with Crippen molar-refractivity contribution < 1.29 is 14.7 Å². The zero-order chi connectivity index (χ0) is 12.6. The zero-order valence-corrected chi connectivity index (χ0v) is 10.3. The van der Waals surface area contributed by atoms with Gasteiger partial charge < -0.3 is 15.3 Å². The van der Waals surface area contributed by atoms with Crippen molar-refractivity contribution >= 4 is 12.0 Å². The van der Waals surface area contributed by atoms with E-state index in [1.54, 1.807) is 11.9 Å². The molecule has 0 rings (SSSR count). The molecule has 0 bridgehead atoms. The highest BCUT2D eigenvalue weighted by molar-refractivity contribution is 5.75. The summed E-state index contributed by atoms with van der Waals surface area (Å²) in [7, 11) is 1.70. The van der Waals surface area contributed by atoms with E-state index in [0.29, 0.717) is 13.0 Å². The zero-order valence-electron chi connectivity index (χ0n) is 10.3. The molecule has 0 saturated carbocycles. The van der Waals surface area contributed by atoms with E-state index in [9.17, 15) is 9.59 Å². The second-order valence-corrected chi connectivity index (χ2v) is 3.93. The highest BCUT2D eigenvalue weighted by Gasteiger charge is 2.17. The van der Waals surface area contributed by atoms with Crippen molar-refractivity contribution in [3.05, 3.63) is 0 Å². The van der Waals surface area contributed by atoms with Gasteiger partial charge in [0.1, 0.15) is 0 Å². The number of carbonyl (C=O) groups is 2. The molecule has 0 fully saturated rings. The second-order valence-electron chi connectivity index (χ2n) is 3.93. The summed E-state index contributed by atoms with van der Waals surface area (Å²) in [5.41, 5.74) is 0. The van der Waals surface area contributed by atoms with E-state index >= 15 is 0 Å². The molecule has 0 aliphatic rings. The third-order valence-corrected chi connectivity index (χ3v) is 2.39. The van der Waals surface area contributed by atoms with Crippen LogP contribution >= 0.6 is 0 Å².